The van der Waals surface area contributed by atoms with Crippen molar-refractivity contribution >= 4 is 27.0 Å². The largest absolute Gasteiger partial charge is 0.250 e. The van der Waals surface area contributed by atoms with Crippen LogP contribution in [0.1, 0.15) is 5.56 Å². The number of hydrogen-bond acceptors (Lipinski definition) is 2. The first kappa shape index (κ1) is 7.73. The van der Waals surface area contributed by atoms with E-state index in [4.69, 9.17) is 0 Å². The third-order valence-corrected chi connectivity index (χ3v) is 2.29. The van der Waals surface area contributed by atoms with Crippen LogP contribution in [0.15, 0.2) is 16.9 Å². The molecule has 0 saturated carbocycles. The highest BCUT2D eigenvalue weighted by atomic mass is 79.9. The van der Waals surface area contributed by atoms with Gasteiger partial charge in [0.15, 0.2) is 5.65 Å². The lowest BCUT2D eigenvalue weighted by molar-refractivity contribution is 0.785. The summed E-state index contributed by atoms with van der Waals surface area (Å²) >= 11 is 3.35. The van der Waals surface area contributed by atoms with Crippen molar-refractivity contribution < 1.29 is 0 Å². The van der Waals surface area contributed by atoms with E-state index in [0.717, 1.165) is 15.6 Å². The average Bonchev–Trinajstić information content (AvgIpc) is 2.33. The standard InChI is InChI=1S/C8H8BrN3/c1-5-3-7(9)11-8-6(5)4-10-12(8)2/h3-4H,1-2H3. The summed E-state index contributed by atoms with van der Waals surface area (Å²) in [6, 6.07) is 1.99. The lowest BCUT2D eigenvalue weighted by Gasteiger charge is -1.97. The van der Waals surface area contributed by atoms with Crippen molar-refractivity contribution in [3.8, 4) is 0 Å². The van der Waals surface area contributed by atoms with Gasteiger partial charge in [0.25, 0.3) is 0 Å². The number of rotatable bonds is 0. The van der Waals surface area contributed by atoms with Crippen molar-refractivity contribution in [3.05, 3.63) is 22.4 Å². The molecule has 0 aromatic carbocycles. The van der Waals surface area contributed by atoms with Crippen LogP contribution in [0.25, 0.3) is 11.0 Å². The molecule has 0 spiro atoms. The molecule has 0 amide bonds. The second-order valence-corrected chi connectivity index (χ2v) is 3.58. The van der Waals surface area contributed by atoms with Crippen molar-refractivity contribution in [1.82, 2.24) is 14.8 Å². The van der Waals surface area contributed by atoms with Gasteiger partial charge in [-0.25, -0.2) is 4.98 Å². The van der Waals surface area contributed by atoms with Crippen molar-refractivity contribution in [2.75, 3.05) is 0 Å². The fraction of sp³-hybridized carbons (Fsp3) is 0.250. The molecule has 0 aliphatic heterocycles. The fourth-order valence-electron chi connectivity index (χ4n) is 1.23. The van der Waals surface area contributed by atoms with E-state index in [1.54, 1.807) is 4.68 Å². The maximum absolute atomic E-state index is 4.31. The lowest BCUT2D eigenvalue weighted by Crippen LogP contribution is -1.92. The molecule has 0 aliphatic rings. The summed E-state index contributed by atoms with van der Waals surface area (Å²) < 4.78 is 2.63. The number of halogens is 1. The third-order valence-electron chi connectivity index (χ3n) is 1.88. The quantitative estimate of drug-likeness (QED) is 0.643. The molecule has 0 radical (unpaired) electrons. The fourth-order valence-corrected chi connectivity index (χ4v) is 1.74. The summed E-state index contributed by atoms with van der Waals surface area (Å²) in [5.74, 6) is 0. The Morgan fingerprint density at radius 3 is 3.00 bits per heavy atom. The maximum Gasteiger partial charge on any atom is 0.159 e. The summed E-state index contributed by atoms with van der Waals surface area (Å²) in [5.41, 5.74) is 2.11. The molecule has 0 fully saturated rings. The maximum atomic E-state index is 4.31. The molecular formula is C8H8BrN3. The highest BCUT2D eigenvalue weighted by Gasteiger charge is 2.04. The zero-order valence-electron chi connectivity index (χ0n) is 6.87. The summed E-state index contributed by atoms with van der Waals surface area (Å²) in [4.78, 5) is 4.31. The molecule has 2 rings (SSSR count). The highest BCUT2D eigenvalue weighted by molar-refractivity contribution is 9.10. The van der Waals surface area contributed by atoms with Gasteiger partial charge in [0.1, 0.15) is 4.60 Å². The Bertz CT molecular complexity index is 433. The van der Waals surface area contributed by atoms with E-state index in [2.05, 4.69) is 32.9 Å². The van der Waals surface area contributed by atoms with Crippen LogP contribution in [0, 0.1) is 6.92 Å². The molecule has 2 aromatic heterocycles. The molecule has 3 nitrogen and oxygen atoms in total. The number of pyridine rings is 1. The van der Waals surface area contributed by atoms with Crippen LogP contribution < -0.4 is 0 Å². The zero-order chi connectivity index (χ0) is 8.72. The second kappa shape index (κ2) is 2.55. The van der Waals surface area contributed by atoms with E-state index >= 15 is 0 Å². The van der Waals surface area contributed by atoms with Crippen LogP contribution in [0.3, 0.4) is 0 Å². The Kier molecular flexibility index (Phi) is 1.65. The molecule has 0 aliphatic carbocycles. The molecule has 62 valence electrons. The van der Waals surface area contributed by atoms with Crippen LogP contribution in [0.2, 0.25) is 0 Å². The molecule has 0 atom stereocenters. The first-order chi connectivity index (χ1) is 5.68. The SMILES string of the molecule is Cc1cc(Br)nc2c1cnn2C. The molecule has 0 bridgehead atoms. The number of fused-ring (bicyclic) bond motifs is 1. The zero-order valence-corrected chi connectivity index (χ0v) is 8.46. The first-order valence-electron chi connectivity index (χ1n) is 3.63. The van der Waals surface area contributed by atoms with E-state index in [0.29, 0.717) is 0 Å². The van der Waals surface area contributed by atoms with Gasteiger partial charge in [0.05, 0.1) is 6.20 Å². The minimum Gasteiger partial charge on any atom is -0.250 e. The molecule has 2 heterocycles. The molecule has 0 saturated heterocycles. The second-order valence-electron chi connectivity index (χ2n) is 2.77. The summed E-state index contributed by atoms with van der Waals surface area (Å²) in [7, 11) is 1.89. The van der Waals surface area contributed by atoms with Gasteiger partial charge in [-0.1, -0.05) is 0 Å². The summed E-state index contributed by atoms with van der Waals surface area (Å²) in [5, 5.41) is 5.24. The number of aryl methyl sites for hydroxylation is 2. The van der Waals surface area contributed by atoms with Gasteiger partial charge < -0.3 is 0 Å². The van der Waals surface area contributed by atoms with E-state index in [9.17, 15) is 0 Å². The molecule has 12 heavy (non-hydrogen) atoms. The Balaban J connectivity index is 2.92. The van der Waals surface area contributed by atoms with E-state index in [1.165, 1.54) is 5.56 Å². The Labute approximate surface area is 78.5 Å². The smallest absolute Gasteiger partial charge is 0.159 e. The summed E-state index contributed by atoms with van der Waals surface area (Å²) in [6.07, 6.45) is 1.84. The van der Waals surface area contributed by atoms with E-state index in [1.807, 2.05) is 19.3 Å². The topological polar surface area (TPSA) is 30.7 Å². The van der Waals surface area contributed by atoms with Gasteiger partial charge in [-0.15, -0.1) is 0 Å². The number of nitrogens with zero attached hydrogens (tertiary/aromatic N) is 3. The van der Waals surface area contributed by atoms with Crippen molar-refractivity contribution in [2.45, 2.75) is 6.92 Å². The van der Waals surface area contributed by atoms with Crippen molar-refractivity contribution in [3.63, 3.8) is 0 Å². The molecule has 4 heteroatoms. The van der Waals surface area contributed by atoms with Crippen LogP contribution in [-0.2, 0) is 7.05 Å². The molecule has 0 N–H and O–H groups in total. The average molecular weight is 226 g/mol. The van der Waals surface area contributed by atoms with Crippen molar-refractivity contribution in [1.29, 1.82) is 0 Å². The van der Waals surface area contributed by atoms with E-state index in [-0.39, 0.29) is 0 Å². The molecule has 0 unspecified atom stereocenters. The third kappa shape index (κ3) is 1.03. The summed E-state index contributed by atoms with van der Waals surface area (Å²) in [6.45, 7) is 2.05. The van der Waals surface area contributed by atoms with Gasteiger partial charge >= 0.3 is 0 Å². The van der Waals surface area contributed by atoms with Crippen LogP contribution >= 0.6 is 15.9 Å². The lowest BCUT2D eigenvalue weighted by atomic mass is 10.2. The van der Waals surface area contributed by atoms with Gasteiger partial charge in [-0.3, -0.25) is 4.68 Å². The Morgan fingerprint density at radius 1 is 1.50 bits per heavy atom. The van der Waals surface area contributed by atoms with Crippen LogP contribution in [0.5, 0.6) is 0 Å². The minimum atomic E-state index is 0.858. The number of hydrogen-bond donors (Lipinski definition) is 0. The van der Waals surface area contributed by atoms with Crippen molar-refractivity contribution in [2.24, 2.45) is 7.05 Å². The van der Waals surface area contributed by atoms with E-state index < -0.39 is 0 Å². The van der Waals surface area contributed by atoms with Gasteiger partial charge in [-0.2, -0.15) is 5.10 Å². The van der Waals surface area contributed by atoms with Gasteiger partial charge in [-0.05, 0) is 34.5 Å². The molecule has 2 aromatic rings. The highest BCUT2D eigenvalue weighted by Crippen LogP contribution is 2.19. The number of aromatic nitrogens is 3. The Morgan fingerprint density at radius 2 is 2.25 bits per heavy atom. The Hall–Kier alpha value is -0.900. The predicted molar refractivity (Wildman–Crippen MR) is 50.9 cm³/mol. The molecular weight excluding hydrogens is 218 g/mol. The van der Waals surface area contributed by atoms with Crippen LogP contribution in [-0.4, -0.2) is 14.8 Å². The van der Waals surface area contributed by atoms with Gasteiger partial charge in [0, 0.05) is 12.4 Å². The minimum absolute atomic E-state index is 0.858. The van der Waals surface area contributed by atoms with Gasteiger partial charge in [0.2, 0.25) is 0 Å². The normalized spacial score (nSPS) is 10.9. The monoisotopic (exact) mass is 225 g/mol. The predicted octanol–water partition coefficient (Wildman–Crippen LogP) is 2.04. The van der Waals surface area contributed by atoms with Crippen LogP contribution in [0.4, 0.5) is 0 Å². The first-order valence-corrected chi connectivity index (χ1v) is 4.42.